The summed E-state index contributed by atoms with van der Waals surface area (Å²) in [6.45, 7) is 3.77. The minimum atomic E-state index is 0.298. The molecular weight excluding hydrogens is 288 g/mol. The van der Waals surface area contributed by atoms with Crippen LogP contribution in [0.15, 0.2) is 5.51 Å². The highest BCUT2D eigenvalue weighted by Crippen LogP contribution is 2.21. The molecule has 0 bridgehead atoms. The van der Waals surface area contributed by atoms with Crippen LogP contribution in [0.25, 0.3) is 0 Å². The molecule has 5 heteroatoms. The van der Waals surface area contributed by atoms with E-state index < -0.39 is 0 Å². The molecule has 0 spiro atoms. The second-order valence-corrected chi connectivity index (χ2v) is 5.76. The van der Waals surface area contributed by atoms with Gasteiger partial charge in [0.05, 0.1) is 11.2 Å². The van der Waals surface area contributed by atoms with Gasteiger partial charge >= 0.3 is 0 Å². The van der Waals surface area contributed by atoms with Gasteiger partial charge in [-0.15, -0.1) is 11.3 Å². The molecule has 0 N–H and O–H groups in total. The molecule has 2 rings (SSSR count). The Balaban J connectivity index is 1.87. The van der Waals surface area contributed by atoms with Crippen LogP contribution < -0.4 is 0 Å². The van der Waals surface area contributed by atoms with E-state index in [0.29, 0.717) is 18.2 Å². The number of aromatic nitrogens is 1. The SMILES string of the molecule is Cc1ncsc1CCN1CC(CBr)CC1=O. The molecule has 1 fully saturated rings. The van der Waals surface area contributed by atoms with Crippen LogP contribution in [-0.2, 0) is 11.2 Å². The van der Waals surface area contributed by atoms with Crippen LogP contribution in [0.1, 0.15) is 17.0 Å². The molecule has 1 aliphatic rings. The van der Waals surface area contributed by atoms with Gasteiger partial charge in [0.15, 0.2) is 0 Å². The lowest BCUT2D eigenvalue weighted by molar-refractivity contribution is -0.127. The molecular formula is C11H15BrN2OS. The van der Waals surface area contributed by atoms with Crippen LogP contribution in [0.2, 0.25) is 0 Å². The number of amides is 1. The summed E-state index contributed by atoms with van der Waals surface area (Å²) in [7, 11) is 0. The molecule has 3 nitrogen and oxygen atoms in total. The number of nitrogens with zero attached hydrogens (tertiary/aromatic N) is 2. The maximum absolute atomic E-state index is 11.7. The average molecular weight is 303 g/mol. The fraction of sp³-hybridized carbons (Fsp3) is 0.636. The van der Waals surface area contributed by atoms with Gasteiger partial charge in [0.1, 0.15) is 0 Å². The Kier molecular flexibility index (Phi) is 3.97. The van der Waals surface area contributed by atoms with Crippen LogP contribution >= 0.6 is 27.3 Å². The summed E-state index contributed by atoms with van der Waals surface area (Å²) >= 11 is 5.13. The molecule has 1 aromatic heterocycles. The summed E-state index contributed by atoms with van der Waals surface area (Å²) in [5.41, 5.74) is 2.98. The Bertz CT molecular complexity index is 380. The van der Waals surface area contributed by atoms with Crippen LogP contribution in [0.4, 0.5) is 0 Å². The van der Waals surface area contributed by atoms with Crippen molar-refractivity contribution in [3.63, 3.8) is 0 Å². The minimum Gasteiger partial charge on any atom is -0.342 e. The highest BCUT2D eigenvalue weighted by molar-refractivity contribution is 9.09. The van der Waals surface area contributed by atoms with E-state index in [-0.39, 0.29) is 0 Å². The average Bonchev–Trinajstić information content (AvgIpc) is 2.82. The smallest absolute Gasteiger partial charge is 0.222 e. The van der Waals surface area contributed by atoms with E-state index in [1.807, 2.05) is 17.3 Å². The monoisotopic (exact) mass is 302 g/mol. The maximum Gasteiger partial charge on any atom is 0.222 e. The lowest BCUT2D eigenvalue weighted by Gasteiger charge is -2.15. The maximum atomic E-state index is 11.7. The van der Waals surface area contributed by atoms with E-state index in [4.69, 9.17) is 0 Å². The second-order valence-electron chi connectivity index (χ2n) is 4.18. The predicted octanol–water partition coefficient (Wildman–Crippen LogP) is 2.24. The van der Waals surface area contributed by atoms with Gasteiger partial charge in [0.25, 0.3) is 0 Å². The van der Waals surface area contributed by atoms with Gasteiger partial charge in [-0.25, -0.2) is 4.98 Å². The summed E-state index contributed by atoms with van der Waals surface area (Å²) in [6.07, 6.45) is 1.64. The molecule has 0 saturated carbocycles. The van der Waals surface area contributed by atoms with E-state index in [1.165, 1.54) is 4.88 Å². The highest BCUT2D eigenvalue weighted by atomic mass is 79.9. The number of hydrogen-bond donors (Lipinski definition) is 0. The summed E-state index contributed by atoms with van der Waals surface area (Å²) in [4.78, 5) is 19.2. The summed E-state index contributed by atoms with van der Waals surface area (Å²) in [6, 6.07) is 0. The molecule has 1 amide bonds. The van der Waals surface area contributed by atoms with Crippen molar-refractivity contribution in [1.29, 1.82) is 0 Å². The Hall–Kier alpha value is -0.420. The van der Waals surface area contributed by atoms with Gasteiger partial charge in [0, 0.05) is 36.1 Å². The zero-order valence-corrected chi connectivity index (χ0v) is 11.7. The Morgan fingerprint density at radius 1 is 1.69 bits per heavy atom. The van der Waals surface area contributed by atoms with E-state index in [9.17, 15) is 4.79 Å². The lowest BCUT2D eigenvalue weighted by Crippen LogP contribution is -2.27. The zero-order valence-electron chi connectivity index (χ0n) is 9.28. The van der Waals surface area contributed by atoms with Crippen molar-refractivity contribution in [2.24, 2.45) is 5.92 Å². The molecule has 88 valence electrons. The van der Waals surface area contributed by atoms with Crippen molar-refractivity contribution in [2.75, 3.05) is 18.4 Å². The number of carbonyl (C=O) groups is 1. The third kappa shape index (κ3) is 2.63. The molecule has 1 aliphatic heterocycles. The van der Waals surface area contributed by atoms with Crippen molar-refractivity contribution >= 4 is 33.2 Å². The lowest BCUT2D eigenvalue weighted by atomic mass is 10.2. The molecule has 2 heterocycles. The van der Waals surface area contributed by atoms with Crippen molar-refractivity contribution in [1.82, 2.24) is 9.88 Å². The Labute approximate surface area is 108 Å². The zero-order chi connectivity index (χ0) is 11.5. The normalized spacial score (nSPS) is 20.8. The van der Waals surface area contributed by atoms with E-state index >= 15 is 0 Å². The minimum absolute atomic E-state index is 0.298. The molecule has 0 aliphatic carbocycles. The third-order valence-corrected chi connectivity index (χ3v) is 4.88. The Morgan fingerprint density at radius 3 is 3.06 bits per heavy atom. The van der Waals surface area contributed by atoms with Crippen molar-refractivity contribution in [3.8, 4) is 0 Å². The molecule has 1 aromatic rings. The van der Waals surface area contributed by atoms with Gasteiger partial charge in [-0.1, -0.05) is 15.9 Å². The van der Waals surface area contributed by atoms with E-state index in [1.54, 1.807) is 11.3 Å². The van der Waals surface area contributed by atoms with Crippen molar-refractivity contribution in [3.05, 3.63) is 16.1 Å². The summed E-state index contributed by atoms with van der Waals surface area (Å²) in [5.74, 6) is 0.793. The van der Waals surface area contributed by atoms with Gasteiger partial charge in [-0.2, -0.15) is 0 Å². The fourth-order valence-electron chi connectivity index (χ4n) is 1.98. The number of carbonyl (C=O) groups excluding carboxylic acids is 1. The highest BCUT2D eigenvalue weighted by Gasteiger charge is 2.28. The topological polar surface area (TPSA) is 33.2 Å². The van der Waals surface area contributed by atoms with Crippen LogP contribution in [0, 0.1) is 12.8 Å². The number of aryl methyl sites for hydroxylation is 1. The van der Waals surface area contributed by atoms with Gasteiger partial charge in [-0.3, -0.25) is 4.79 Å². The predicted molar refractivity (Wildman–Crippen MR) is 69.0 cm³/mol. The molecule has 1 saturated heterocycles. The largest absolute Gasteiger partial charge is 0.342 e. The Morgan fingerprint density at radius 2 is 2.50 bits per heavy atom. The quantitative estimate of drug-likeness (QED) is 0.799. The first-order valence-electron chi connectivity index (χ1n) is 5.43. The summed E-state index contributed by atoms with van der Waals surface area (Å²) in [5, 5.41) is 0.925. The van der Waals surface area contributed by atoms with Gasteiger partial charge in [-0.05, 0) is 12.8 Å². The standard InChI is InChI=1S/C11H15BrN2OS/c1-8-10(16-7-13-8)2-3-14-6-9(5-12)4-11(14)15/h7,9H,2-6H2,1H3. The molecule has 1 unspecified atom stereocenters. The number of rotatable bonds is 4. The first-order valence-corrected chi connectivity index (χ1v) is 7.43. The van der Waals surface area contributed by atoms with Gasteiger partial charge < -0.3 is 4.90 Å². The van der Waals surface area contributed by atoms with Crippen LogP contribution in [0.3, 0.4) is 0 Å². The van der Waals surface area contributed by atoms with Crippen molar-refractivity contribution < 1.29 is 4.79 Å². The number of halogens is 1. The van der Waals surface area contributed by atoms with Crippen LogP contribution in [0.5, 0.6) is 0 Å². The van der Waals surface area contributed by atoms with E-state index in [2.05, 4.69) is 20.9 Å². The number of hydrogen-bond acceptors (Lipinski definition) is 3. The first-order chi connectivity index (χ1) is 7.70. The number of likely N-dealkylation sites (tertiary alicyclic amines) is 1. The van der Waals surface area contributed by atoms with Crippen LogP contribution in [-0.4, -0.2) is 34.2 Å². The van der Waals surface area contributed by atoms with E-state index in [0.717, 1.165) is 30.5 Å². The fourth-order valence-corrected chi connectivity index (χ4v) is 3.18. The molecule has 0 radical (unpaired) electrons. The molecule has 0 aromatic carbocycles. The molecule has 16 heavy (non-hydrogen) atoms. The number of thiazole rings is 1. The van der Waals surface area contributed by atoms with Crippen molar-refractivity contribution in [2.45, 2.75) is 19.8 Å². The molecule has 1 atom stereocenters. The third-order valence-electron chi connectivity index (χ3n) is 2.97. The number of alkyl halides is 1. The summed E-state index contributed by atoms with van der Waals surface area (Å²) < 4.78 is 0. The van der Waals surface area contributed by atoms with Gasteiger partial charge in [0.2, 0.25) is 5.91 Å². The first kappa shape index (κ1) is 12.0. The second kappa shape index (κ2) is 5.27.